The van der Waals surface area contributed by atoms with Gasteiger partial charge < -0.3 is 14.8 Å². The van der Waals surface area contributed by atoms with Crippen molar-refractivity contribution in [3.8, 4) is 5.88 Å². The molecule has 0 spiro atoms. The lowest BCUT2D eigenvalue weighted by atomic mass is 10.0. The van der Waals surface area contributed by atoms with E-state index in [1.54, 1.807) is 0 Å². The van der Waals surface area contributed by atoms with Gasteiger partial charge in [-0.2, -0.15) is 4.98 Å². The minimum Gasteiger partial charge on any atom is -0.481 e. The number of rotatable bonds is 7. The molecule has 0 aliphatic carbocycles. The van der Waals surface area contributed by atoms with Gasteiger partial charge in [-0.15, -0.1) is 0 Å². The highest BCUT2D eigenvalue weighted by Crippen LogP contribution is 2.26. The normalized spacial score (nSPS) is 11.9. The molecule has 1 aromatic heterocycles. The van der Waals surface area contributed by atoms with E-state index in [1.807, 2.05) is 13.8 Å². The number of hydrogen-bond donors (Lipinski definition) is 1. The SMILES string of the molecule is COC(=O)C(CC(C)C)Nc1nc(OC)ccc1[N+](=O)[O-]. The Bertz CT molecular complexity index is 519. The number of methoxy groups -OCH3 is 2. The molecule has 0 aliphatic rings. The van der Waals surface area contributed by atoms with Gasteiger partial charge in [0.05, 0.1) is 19.1 Å². The Hall–Kier alpha value is -2.38. The average Bonchev–Trinajstić information content (AvgIpc) is 2.44. The summed E-state index contributed by atoms with van der Waals surface area (Å²) in [6, 6.07) is 1.95. The molecule has 0 saturated heterocycles. The summed E-state index contributed by atoms with van der Waals surface area (Å²) in [4.78, 5) is 26.2. The molecule has 1 N–H and O–H groups in total. The Kier molecular flexibility index (Phi) is 5.89. The summed E-state index contributed by atoms with van der Waals surface area (Å²) in [5, 5.41) is 13.8. The van der Waals surface area contributed by atoms with E-state index < -0.39 is 16.9 Å². The number of hydrogen-bond acceptors (Lipinski definition) is 7. The van der Waals surface area contributed by atoms with Crippen LogP contribution in [0.5, 0.6) is 5.88 Å². The van der Waals surface area contributed by atoms with Crippen LogP contribution in [0.25, 0.3) is 0 Å². The fraction of sp³-hybridized carbons (Fsp3) is 0.538. The number of esters is 1. The number of carbonyl (C=O) groups excluding carboxylic acids is 1. The summed E-state index contributed by atoms with van der Waals surface area (Å²) in [5.74, 6) is -0.0967. The van der Waals surface area contributed by atoms with Crippen LogP contribution in [0.2, 0.25) is 0 Å². The van der Waals surface area contributed by atoms with Gasteiger partial charge in [-0.25, -0.2) is 4.79 Å². The van der Waals surface area contributed by atoms with Crippen LogP contribution in [-0.4, -0.2) is 36.1 Å². The first-order chi connectivity index (χ1) is 9.88. The lowest BCUT2D eigenvalue weighted by molar-refractivity contribution is -0.384. The van der Waals surface area contributed by atoms with Crippen LogP contribution in [-0.2, 0) is 9.53 Å². The zero-order chi connectivity index (χ0) is 16.0. The van der Waals surface area contributed by atoms with E-state index in [9.17, 15) is 14.9 Å². The van der Waals surface area contributed by atoms with Gasteiger partial charge in [-0.05, 0) is 12.3 Å². The fourth-order valence-electron chi connectivity index (χ4n) is 1.79. The lowest BCUT2D eigenvalue weighted by Crippen LogP contribution is -2.32. The molecule has 0 radical (unpaired) electrons. The largest absolute Gasteiger partial charge is 0.481 e. The number of carbonyl (C=O) groups is 1. The molecular formula is C13H19N3O5. The van der Waals surface area contributed by atoms with Crippen LogP contribution in [0, 0.1) is 16.0 Å². The average molecular weight is 297 g/mol. The van der Waals surface area contributed by atoms with Crippen molar-refractivity contribution < 1.29 is 19.2 Å². The number of ether oxygens (including phenoxy) is 2. The molecule has 8 nitrogen and oxygen atoms in total. The Morgan fingerprint density at radius 1 is 1.43 bits per heavy atom. The standard InChI is InChI=1S/C13H19N3O5/c1-8(2)7-9(13(17)21-4)14-12-10(16(18)19)5-6-11(15-12)20-3/h5-6,8-9H,7H2,1-4H3,(H,14,15). The minimum absolute atomic E-state index is 0.0181. The van der Waals surface area contributed by atoms with Crippen molar-refractivity contribution in [2.75, 3.05) is 19.5 Å². The Balaban J connectivity index is 3.11. The number of anilines is 1. The third-order valence-corrected chi connectivity index (χ3v) is 2.76. The van der Waals surface area contributed by atoms with E-state index in [4.69, 9.17) is 9.47 Å². The molecule has 8 heteroatoms. The van der Waals surface area contributed by atoms with Crippen molar-refractivity contribution in [2.45, 2.75) is 26.3 Å². The van der Waals surface area contributed by atoms with E-state index in [-0.39, 0.29) is 23.3 Å². The molecule has 116 valence electrons. The molecule has 0 aromatic carbocycles. The molecule has 1 rings (SSSR count). The van der Waals surface area contributed by atoms with E-state index in [0.29, 0.717) is 6.42 Å². The topological polar surface area (TPSA) is 104 Å². The van der Waals surface area contributed by atoms with Crippen LogP contribution in [0.3, 0.4) is 0 Å². The summed E-state index contributed by atoms with van der Waals surface area (Å²) in [5.41, 5.74) is -0.228. The van der Waals surface area contributed by atoms with Gasteiger partial charge in [0.25, 0.3) is 0 Å². The third kappa shape index (κ3) is 4.59. The summed E-state index contributed by atoms with van der Waals surface area (Å²) in [7, 11) is 2.68. The maximum Gasteiger partial charge on any atom is 0.328 e. The van der Waals surface area contributed by atoms with Crippen molar-refractivity contribution in [1.82, 2.24) is 4.98 Å². The summed E-state index contributed by atoms with van der Waals surface area (Å²) < 4.78 is 9.66. The Labute approximate surface area is 122 Å². The molecule has 1 atom stereocenters. The van der Waals surface area contributed by atoms with Gasteiger partial charge in [-0.1, -0.05) is 13.8 Å². The first kappa shape index (κ1) is 16.7. The second-order valence-electron chi connectivity index (χ2n) is 4.83. The number of nitro groups is 1. The molecule has 0 saturated carbocycles. The summed E-state index contributed by atoms with van der Waals surface area (Å²) in [6.07, 6.45) is 0.461. The van der Waals surface area contributed by atoms with Crippen molar-refractivity contribution in [1.29, 1.82) is 0 Å². The zero-order valence-corrected chi connectivity index (χ0v) is 12.5. The predicted molar refractivity (Wildman–Crippen MR) is 76.3 cm³/mol. The van der Waals surface area contributed by atoms with Gasteiger partial charge in [0.1, 0.15) is 6.04 Å². The van der Waals surface area contributed by atoms with E-state index in [2.05, 4.69) is 10.3 Å². The highest BCUT2D eigenvalue weighted by Gasteiger charge is 2.25. The first-order valence-electron chi connectivity index (χ1n) is 6.42. The Morgan fingerprint density at radius 3 is 2.57 bits per heavy atom. The van der Waals surface area contributed by atoms with Gasteiger partial charge in [0.15, 0.2) is 0 Å². The molecule has 0 bridgehead atoms. The number of nitrogens with zero attached hydrogens (tertiary/aromatic N) is 2. The molecule has 1 heterocycles. The van der Waals surface area contributed by atoms with E-state index in [1.165, 1.54) is 26.4 Å². The van der Waals surface area contributed by atoms with Crippen molar-refractivity contribution in [3.63, 3.8) is 0 Å². The number of nitrogens with one attached hydrogen (secondary N) is 1. The fourth-order valence-corrected chi connectivity index (χ4v) is 1.79. The highest BCUT2D eigenvalue weighted by molar-refractivity contribution is 5.79. The van der Waals surface area contributed by atoms with Crippen LogP contribution < -0.4 is 10.1 Å². The molecule has 1 aromatic rings. The molecule has 0 amide bonds. The quantitative estimate of drug-likeness (QED) is 0.466. The number of pyridine rings is 1. The number of aromatic nitrogens is 1. The zero-order valence-electron chi connectivity index (χ0n) is 12.5. The van der Waals surface area contributed by atoms with Crippen molar-refractivity contribution in [3.05, 3.63) is 22.2 Å². The van der Waals surface area contributed by atoms with Crippen LogP contribution in [0.4, 0.5) is 11.5 Å². The summed E-state index contributed by atoms with van der Waals surface area (Å²) in [6.45, 7) is 3.87. The van der Waals surface area contributed by atoms with Gasteiger partial charge in [0, 0.05) is 12.1 Å². The second-order valence-corrected chi connectivity index (χ2v) is 4.83. The highest BCUT2D eigenvalue weighted by atomic mass is 16.6. The molecule has 0 aliphatic heterocycles. The predicted octanol–water partition coefficient (Wildman–Crippen LogP) is 2.00. The van der Waals surface area contributed by atoms with Gasteiger partial charge in [0.2, 0.25) is 11.7 Å². The lowest BCUT2D eigenvalue weighted by Gasteiger charge is -2.18. The summed E-state index contributed by atoms with van der Waals surface area (Å²) >= 11 is 0. The van der Waals surface area contributed by atoms with E-state index in [0.717, 1.165) is 0 Å². The van der Waals surface area contributed by atoms with Crippen LogP contribution in [0.1, 0.15) is 20.3 Å². The smallest absolute Gasteiger partial charge is 0.328 e. The Morgan fingerprint density at radius 2 is 2.10 bits per heavy atom. The van der Waals surface area contributed by atoms with Crippen molar-refractivity contribution >= 4 is 17.5 Å². The third-order valence-electron chi connectivity index (χ3n) is 2.76. The maximum atomic E-state index is 11.8. The van der Waals surface area contributed by atoms with Crippen molar-refractivity contribution in [2.24, 2.45) is 5.92 Å². The maximum absolute atomic E-state index is 11.8. The second kappa shape index (κ2) is 7.41. The molecule has 21 heavy (non-hydrogen) atoms. The first-order valence-corrected chi connectivity index (χ1v) is 6.42. The van der Waals surface area contributed by atoms with Crippen LogP contribution in [0.15, 0.2) is 12.1 Å². The minimum atomic E-state index is -0.715. The molecule has 0 fully saturated rings. The molecule has 1 unspecified atom stereocenters. The van der Waals surface area contributed by atoms with Gasteiger partial charge >= 0.3 is 11.7 Å². The molecular weight excluding hydrogens is 278 g/mol. The monoisotopic (exact) mass is 297 g/mol. The van der Waals surface area contributed by atoms with Crippen LogP contribution >= 0.6 is 0 Å². The van der Waals surface area contributed by atoms with Gasteiger partial charge in [-0.3, -0.25) is 10.1 Å². The van der Waals surface area contributed by atoms with E-state index >= 15 is 0 Å².